The van der Waals surface area contributed by atoms with E-state index in [-0.39, 0.29) is 0 Å². The molecule has 0 saturated heterocycles. The molecule has 0 aromatic heterocycles. The molecule has 0 fully saturated rings. The molecule has 0 atom stereocenters. The van der Waals surface area contributed by atoms with Crippen LogP contribution < -0.4 is 22.5 Å². The molecule has 7 N–H and O–H groups in total. The van der Waals surface area contributed by atoms with E-state index in [0.29, 0.717) is 23.5 Å². The fraction of sp³-hybridized carbons (Fsp3) is 0.224. The second-order valence-corrected chi connectivity index (χ2v) is 12.3. The molecule has 3 aromatic rings. The summed E-state index contributed by atoms with van der Waals surface area (Å²) in [6.07, 6.45) is 21.9. The zero-order valence-electron chi connectivity index (χ0n) is 32.9. The van der Waals surface area contributed by atoms with Gasteiger partial charge in [0.25, 0.3) is 0 Å². The highest BCUT2D eigenvalue weighted by Gasteiger charge is 1.99. The molecule has 0 amide bonds. The fourth-order valence-electron chi connectivity index (χ4n) is 4.73. The minimum Gasteiger partial charge on any atom is -0.399 e. The lowest BCUT2D eigenvalue weighted by Crippen LogP contribution is -2.02. The van der Waals surface area contributed by atoms with Crippen LogP contribution in [0.15, 0.2) is 183 Å². The first-order chi connectivity index (χ1) is 25.4. The molecule has 0 aliphatic heterocycles. The predicted octanol–water partition coefficient (Wildman–Crippen LogP) is 10.5. The molecule has 53 heavy (non-hydrogen) atoms. The number of nitrogens with one attached hydrogen (secondary N) is 1. The summed E-state index contributed by atoms with van der Waals surface area (Å²) in [5.41, 5.74) is 29.5. The summed E-state index contributed by atoms with van der Waals surface area (Å²) in [6.45, 7) is 29.2. The van der Waals surface area contributed by atoms with Gasteiger partial charge < -0.3 is 22.5 Å². The van der Waals surface area contributed by atoms with Crippen molar-refractivity contribution in [3.8, 4) is 12.3 Å². The Morgan fingerprint density at radius 2 is 1.17 bits per heavy atom. The lowest BCUT2D eigenvalue weighted by atomic mass is 10.0. The average molecular weight is 709 g/mol. The summed E-state index contributed by atoms with van der Waals surface area (Å²) in [7, 11) is 1.87. The van der Waals surface area contributed by atoms with Crippen molar-refractivity contribution in [2.45, 2.75) is 65.8 Å². The van der Waals surface area contributed by atoms with Crippen LogP contribution in [0, 0.1) is 19.3 Å². The second kappa shape index (κ2) is 28.9. The number of rotatable bonds is 16. The maximum atomic E-state index is 5.64. The Morgan fingerprint density at radius 3 is 1.58 bits per heavy atom. The summed E-state index contributed by atoms with van der Waals surface area (Å²) in [5, 5.41) is 3.01. The summed E-state index contributed by atoms with van der Waals surface area (Å²) in [4.78, 5) is 0. The van der Waals surface area contributed by atoms with Crippen LogP contribution in [0.25, 0.3) is 0 Å². The van der Waals surface area contributed by atoms with E-state index in [1.54, 1.807) is 6.08 Å². The van der Waals surface area contributed by atoms with Crippen molar-refractivity contribution in [1.82, 2.24) is 5.32 Å². The van der Waals surface area contributed by atoms with Crippen LogP contribution >= 0.6 is 0 Å². The lowest BCUT2D eigenvalue weighted by molar-refractivity contribution is 0.945. The van der Waals surface area contributed by atoms with Gasteiger partial charge in [-0.15, -0.1) is 6.42 Å². The first-order valence-corrected chi connectivity index (χ1v) is 18.0. The van der Waals surface area contributed by atoms with E-state index in [4.69, 9.17) is 23.6 Å². The Morgan fingerprint density at radius 1 is 0.698 bits per heavy atom. The third-order valence-electron chi connectivity index (χ3n) is 7.86. The maximum absolute atomic E-state index is 5.64. The molecule has 0 aliphatic carbocycles. The summed E-state index contributed by atoms with van der Waals surface area (Å²) in [6, 6.07) is 25.7. The molecule has 3 rings (SSSR count). The number of nitrogens with two attached hydrogens (primary N) is 3. The molecule has 0 spiro atoms. The maximum Gasteiger partial charge on any atom is 0.0320 e. The molecule has 0 radical (unpaired) electrons. The molecular formula is C49H64N4. The van der Waals surface area contributed by atoms with E-state index in [2.05, 4.69) is 144 Å². The van der Waals surface area contributed by atoms with Crippen LogP contribution in [0.3, 0.4) is 0 Å². The summed E-state index contributed by atoms with van der Waals surface area (Å²) >= 11 is 0. The van der Waals surface area contributed by atoms with Gasteiger partial charge in [0.2, 0.25) is 0 Å². The van der Waals surface area contributed by atoms with Crippen molar-refractivity contribution in [2.75, 3.05) is 7.05 Å². The van der Waals surface area contributed by atoms with Crippen molar-refractivity contribution in [3.63, 3.8) is 0 Å². The minimum absolute atomic E-state index is 0.540. The molecule has 0 unspecified atom stereocenters. The Labute approximate surface area is 322 Å². The van der Waals surface area contributed by atoms with Gasteiger partial charge in [0.15, 0.2) is 0 Å². The lowest BCUT2D eigenvalue weighted by Gasteiger charge is -2.06. The van der Waals surface area contributed by atoms with Gasteiger partial charge in [0.1, 0.15) is 0 Å². The second-order valence-electron chi connectivity index (χ2n) is 12.3. The molecule has 0 bridgehead atoms. The number of hydrogen-bond donors (Lipinski definition) is 4. The molecule has 0 heterocycles. The molecule has 0 saturated carbocycles. The Balaban J connectivity index is 0.000000714. The van der Waals surface area contributed by atoms with E-state index in [1.165, 1.54) is 45.0 Å². The zero-order chi connectivity index (χ0) is 40.0. The van der Waals surface area contributed by atoms with Crippen molar-refractivity contribution in [2.24, 2.45) is 17.2 Å². The Kier molecular flexibility index (Phi) is 25.7. The SMILES string of the molecule is C#CC(=C)C=C(N)C=C.C=CC(=CC(=C)N)CCc1cccc(CC)c1.C=CC(=CC(=C)NC)CCc1cccc(CN)c1.CCc1cccc(C)c1. The Bertz CT molecular complexity index is 1760. The number of allylic oxidation sites excluding steroid dienone is 9. The first kappa shape index (κ1) is 47.2. The zero-order valence-corrected chi connectivity index (χ0v) is 32.9. The van der Waals surface area contributed by atoms with Gasteiger partial charge in [-0.3, -0.25) is 0 Å². The van der Waals surface area contributed by atoms with Crippen molar-refractivity contribution in [1.29, 1.82) is 0 Å². The third-order valence-corrected chi connectivity index (χ3v) is 7.86. The van der Waals surface area contributed by atoms with Crippen LogP contribution in [0.5, 0.6) is 0 Å². The smallest absolute Gasteiger partial charge is 0.0320 e. The molecule has 280 valence electrons. The van der Waals surface area contributed by atoms with Gasteiger partial charge in [-0.2, -0.15) is 0 Å². The van der Waals surface area contributed by atoms with Crippen LogP contribution in [0.2, 0.25) is 0 Å². The summed E-state index contributed by atoms with van der Waals surface area (Å²) < 4.78 is 0. The van der Waals surface area contributed by atoms with Gasteiger partial charge >= 0.3 is 0 Å². The van der Waals surface area contributed by atoms with Gasteiger partial charge in [0, 0.05) is 36.3 Å². The van der Waals surface area contributed by atoms with E-state index in [9.17, 15) is 0 Å². The van der Waals surface area contributed by atoms with Crippen LogP contribution in [-0.4, -0.2) is 7.05 Å². The van der Waals surface area contributed by atoms with E-state index < -0.39 is 0 Å². The average Bonchev–Trinajstić information content (AvgIpc) is 3.18. The highest BCUT2D eigenvalue weighted by atomic mass is 14.8. The molecule has 4 nitrogen and oxygen atoms in total. The highest BCUT2D eigenvalue weighted by Crippen LogP contribution is 2.14. The number of hydrogen-bond acceptors (Lipinski definition) is 4. The monoisotopic (exact) mass is 709 g/mol. The van der Waals surface area contributed by atoms with Crippen molar-refractivity contribution >= 4 is 0 Å². The number of benzene rings is 3. The largest absolute Gasteiger partial charge is 0.399 e. The highest BCUT2D eigenvalue weighted by molar-refractivity contribution is 5.37. The topological polar surface area (TPSA) is 90.1 Å². The predicted molar refractivity (Wildman–Crippen MR) is 236 cm³/mol. The van der Waals surface area contributed by atoms with Crippen LogP contribution in [0.4, 0.5) is 0 Å². The van der Waals surface area contributed by atoms with Gasteiger partial charge in [-0.05, 0) is 109 Å². The van der Waals surface area contributed by atoms with E-state index >= 15 is 0 Å². The third kappa shape index (κ3) is 23.4. The van der Waals surface area contributed by atoms with E-state index in [0.717, 1.165) is 49.8 Å². The van der Waals surface area contributed by atoms with Gasteiger partial charge in [-0.25, -0.2) is 0 Å². The minimum atomic E-state index is 0.540. The van der Waals surface area contributed by atoms with E-state index in [1.807, 2.05) is 31.4 Å². The normalized spacial score (nSPS) is 10.7. The molecular weight excluding hydrogens is 645 g/mol. The number of aryl methyl sites for hydroxylation is 5. The van der Waals surface area contributed by atoms with Crippen LogP contribution in [-0.2, 0) is 32.2 Å². The number of terminal acetylenes is 1. The molecule has 3 aromatic carbocycles. The summed E-state index contributed by atoms with van der Waals surface area (Å²) in [5.74, 6) is 2.33. The first-order valence-electron chi connectivity index (χ1n) is 18.0. The molecule has 4 heteroatoms. The van der Waals surface area contributed by atoms with Crippen molar-refractivity contribution < 1.29 is 0 Å². The Hall–Kier alpha value is -5.76. The van der Waals surface area contributed by atoms with Crippen LogP contribution in [0.1, 0.15) is 60.1 Å². The standard InChI is InChI=1S/C16H22N2.C16H21N.C9H12.C8H9N/c1-4-14(10-13(2)18-3)8-9-15-6-5-7-16(11-15)12-17;1-4-14-7-6-8-16(12-14)10-9-15(5-2)11-13(3)17;1-3-9-6-4-5-8(2)7-9;1-4-7(3)6-8(9)5-2/h4-7,10-11,18H,1-2,8-9,12,17H2,3H3;5-8,11-12H,2-4,9-10,17H2,1H3;4-7H,3H2,1-2H3;1,5-6H,2-3,9H2. The fourth-order valence-corrected chi connectivity index (χ4v) is 4.73. The molecule has 0 aliphatic rings. The van der Waals surface area contributed by atoms with Crippen molar-refractivity contribution in [3.05, 3.63) is 216 Å². The van der Waals surface area contributed by atoms with Gasteiger partial charge in [-0.1, -0.05) is 150 Å². The van der Waals surface area contributed by atoms with Gasteiger partial charge in [0.05, 0.1) is 0 Å². The quantitative estimate of drug-likeness (QED) is 0.0881. The number of likely N-dealkylation sites (N-methyl/N-ethyl adjacent to an activating group) is 1.